The van der Waals surface area contributed by atoms with E-state index in [1.165, 1.54) is 38.5 Å². The van der Waals surface area contributed by atoms with Crippen molar-refractivity contribution in [3.8, 4) is 0 Å². The van der Waals surface area contributed by atoms with Gasteiger partial charge >= 0.3 is 17.9 Å². The molecule has 0 fully saturated rings. The molecule has 0 N–H and O–H groups in total. The maximum atomic E-state index is 12.8. The quantitative estimate of drug-likeness (QED) is 0.0200. The van der Waals surface area contributed by atoms with E-state index in [1.807, 2.05) is 48.6 Å². The molecule has 0 saturated carbocycles. The Bertz CT molecular complexity index is 1290. The minimum atomic E-state index is -0.807. The van der Waals surface area contributed by atoms with Gasteiger partial charge in [0.25, 0.3) is 0 Å². The van der Waals surface area contributed by atoms with E-state index >= 15 is 0 Å². The molecule has 0 aliphatic carbocycles. The first kappa shape index (κ1) is 57.1. The Balaban J connectivity index is 4.52. The second kappa shape index (κ2) is 48.7. The van der Waals surface area contributed by atoms with Gasteiger partial charge in [-0.25, -0.2) is 0 Å². The van der Waals surface area contributed by atoms with Gasteiger partial charge in [0.05, 0.1) is 0 Å². The molecule has 0 heterocycles. The van der Waals surface area contributed by atoms with E-state index < -0.39 is 6.10 Å². The topological polar surface area (TPSA) is 78.9 Å². The van der Waals surface area contributed by atoms with E-state index in [0.717, 1.165) is 122 Å². The predicted molar refractivity (Wildman–Crippen MR) is 260 cm³/mol. The van der Waals surface area contributed by atoms with Crippen molar-refractivity contribution in [2.75, 3.05) is 13.2 Å². The molecule has 1 atom stereocenters. The highest BCUT2D eigenvalue weighted by atomic mass is 16.6. The normalized spacial score (nSPS) is 13.0. The lowest BCUT2D eigenvalue weighted by atomic mass is 10.1. The number of allylic oxidation sites excluding steroid dienone is 18. The first-order valence-electron chi connectivity index (χ1n) is 24.5. The van der Waals surface area contributed by atoms with Crippen molar-refractivity contribution >= 4 is 17.9 Å². The number of hydrogen-bond acceptors (Lipinski definition) is 6. The Hall–Kier alpha value is -3.93. The molecule has 0 amide bonds. The van der Waals surface area contributed by atoms with Crippen molar-refractivity contribution < 1.29 is 28.6 Å². The molecule has 0 aliphatic heterocycles. The Morgan fingerprint density at radius 2 is 0.656 bits per heavy atom. The fourth-order valence-corrected chi connectivity index (χ4v) is 6.28. The largest absolute Gasteiger partial charge is 0.462 e. The molecule has 0 aliphatic rings. The fourth-order valence-electron chi connectivity index (χ4n) is 6.28. The van der Waals surface area contributed by atoms with Gasteiger partial charge in [-0.05, 0) is 83.5 Å². The monoisotopic (exact) mass is 845 g/mol. The second-order valence-corrected chi connectivity index (χ2v) is 15.8. The molecular formula is C55H88O6. The Labute approximate surface area is 374 Å². The van der Waals surface area contributed by atoms with Gasteiger partial charge in [0.15, 0.2) is 6.10 Å². The van der Waals surface area contributed by atoms with Crippen LogP contribution >= 0.6 is 0 Å². The van der Waals surface area contributed by atoms with Crippen LogP contribution in [0.4, 0.5) is 0 Å². The maximum Gasteiger partial charge on any atom is 0.306 e. The van der Waals surface area contributed by atoms with Crippen LogP contribution in [0.25, 0.3) is 0 Å². The summed E-state index contributed by atoms with van der Waals surface area (Å²) in [6.07, 6.45) is 64.9. The van der Waals surface area contributed by atoms with Crippen molar-refractivity contribution in [3.05, 3.63) is 109 Å². The maximum absolute atomic E-state index is 12.8. The van der Waals surface area contributed by atoms with Crippen molar-refractivity contribution in [1.29, 1.82) is 0 Å². The van der Waals surface area contributed by atoms with Crippen molar-refractivity contribution in [3.63, 3.8) is 0 Å². The standard InChI is InChI=1S/C55H88O6/c1-4-7-10-13-16-19-22-25-27-30-33-36-39-42-45-48-54(57)60-51-52(50-59-53(56)47-44-41-38-35-32-29-24-21-18-15-12-9-6-3)61-55(58)49-46-43-40-37-34-31-28-26-23-20-17-14-11-8-5-2/h7-8,10-11,13-14,16-17,19-20,22-23,25-29,32,52H,4-6,9,12,15,18,21,24,30-31,33-51H2,1-3H3/b10-7-,11-8-,16-13-,17-14-,22-19-,23-20-,27-25-,28-26-,32-29-. The van der Waals surface area contributed by atoms with Crippen LogP contribution in [0.2, 0.25) is 0 Å². The molecule has 344 valence electrons. The lowest BCUT2D eigenvalue weighted by Crippen LogP contribution is -2.30. The highest BCUT2D eigenvalue weighted by molar-refractivity contribution is 5.71. The third kappa shape index (κ3) is 47.0. The average molecular weight is 845 g/mol. The summed E-state index contributed by atoms with van der Waals surface area (Å²) in [5, 5.41) is 0. The minimum absolute atomic E-state index is 0.106. The van der Waals surface area contributed by atoms with Crippen molar-refractivity contribution in [2.24, 2.45) is 0 Å². The molecule has 6 heteroatoms. The molecule has 0 bridgehead atoms. The number of carbonyl (C=O) groups excluding carboxylic acids is 3. The lowest BCUT2D eigenvalue weighted by molar-refractivity contribution is -0.167. The summed E-state index contributed by atoms with van der Waals surface area (Å²) in [4.78, 5) is 37.9. The van der Waals surface area contributed by atoms with Crippen LogP contribution in [0.15, 0.2) is 109 Å². The van der Waals surface area contributed by atoms with E-state index in [9.17, 15) is 14.4 Å². The van der Waals surface area contributed by atoms with E-state index in [-0.39, 0.29) is 37.5 Å². The van der Waals surface area contributed by atoms with Gasteiger partial charge in [0, 0.05) is 19.3 Å². The zero-order chi connectivity index (χ0) is 44.4. The highest BCUT2D eigenvalue weighted by Gasteiger charge is 2.19. The van der Waals surface area contributed by atoms with Gasteiger partial charge in [-0.2, -0.15) is 0 Å². The van der Waals surface area contributed by atoms with Gasteiger partial charge in [0.2, 0.25) is 0 Å². The summed E-state index contributed by atoms with van der Waals surface area (Å²) in [5.74, 6) is -0.976. The zero-order valence-electron chi connectivity index (χ0n) is 39.1. The molecular weight excluding hydrogens is 757 g/mol. The molecule has 0 aromatic carbocycles. The lowest BCUT2D eigenvalue weighted by Gasteiger charge is -2.18. The summed E-state index contributed by atoms with van der Waals surface area (Å²) in [7, 11) is 0. The smallest absolute Gasteiger partial charge is 0.306 e. The second-order valence-electron chi connectivity index (χ2n) is 15.8. The Morgan fingerprint density at radius 3 is 1.07 bits per heavy atom. The Morgan fingerprint density at radius 1 is 0.344 bits per heavy atom. The summed E-state index contributed by atoms with van der Waals surface area (Å²) in [5.41, 5.74) is 0. The molecule has 0 rings (SSSR count). The number of rotatable bonds is 42. The first-order valence-corrected chi connectivity index (χ1v) is 24.5. The molecule has 1 unspecified atom stereocenters. The average Bonchev–Trinajstić information content (AvgIpc) is 3.26. The molecule has 61 heavy (non-hydrogen) atoms. The molecule has 0 radical (unpaired) electrons. The SMILES string of the molecule is CC\C=C/C=C\C=C/C=C\CCCCCCCC(=O)OCC(COC(=O)CCCCC/C=C\CCCCCCCC)OC(=O)CCCCCCC\C=C/C=C\C=C/C=C\CC. The van der Waals surface area contributed by atoms with Crippen LogP contribution in [-0.4, -0.2) is 37.2 Å². The summed E-state index contributed by atoms with van der Waals surface area (Å²) in [6.45, 7) is 6.28. The molecule has 6 nitrogen and oxygen atoms in total. The third-order valence-electron chi connectivity index (χ3n) is 9.93. The summed E-state index contributed by atoms with van der Waals surface area (Å²) >= 11 is 0. The zero-order valence-corrected chi connectivity index (χ0v) is 39.1. The van der Waals surface area contributed by atoms with Crippen LogP contribution in [0.5, 0.6) is 0 Å². The van der Waals surface area contributed by atoms with Crippen LogP contribution in [0, 0.1) is 0 Å². The Kier molecular flexibility index (Phi) is 45.6. The van der Waals surface area contributed by atoms with Gasteiger partial charge in [-0.15, -0.1) is 0 Å². The van der Waals surface area contributed by atoms with Gasteiger partial charge < -0.3 is 14.2 Å². The van der Waals surface area contributed by atoms with Crippen LogP contribution in [0.3, 0.4) is 0 Å². The number of unbranched alkanes of at least 4 members (excludes halogenated alkanes) is 19. The molecule has 0 saturated heterocycles. The van der Waals surface area contributed by atoms with Gasteiger partial charge in [0.1, 0.15) is 13.2 Å². The third-order valence-corrected chi connectivity index (χ3v) is 9.93. The fraction of sp³-hybridized carbons (Fsp3) is 0.618. The summed E-state index contributed by atoms with van der Waals surface area (Å²) in [6, 6.07) is 0. The van der Waals surface area contributed by atoms with E-state index in [1.54, 1.807) is 0 Å². The number of ether oxygens (including phenoxy) is 3. The summed E-state index contributed by atoms with van der Waals surface area (Å²) < 4.78 is 16.7. The predicted octanol–water partition coefficient (Wildman–Crippen LogP) is 16.0. The van der Waals surface area contributed by atoms with Crippen molar-refractivity contribution in [1.82, 2.24) is 0 Å². The first-order chi connectivity index (χ1) is 30.0. The van der Waals surface area contributed by atoms with Crippen LogP contribution in [0.1, 0.15) is 201 Å². The molecule has 0 aromatic rings. The van der Waals surface area contributed by atoms with Crippen molar-refractivity contribution in [2.45, 2.75) is 207 Å². The highest BCUT2D eigenvalue weighted by Crippen LogP contribution is 2.13. The van der Waals surface area contributed by atoms with E-state index in [0.29, 0.717) is 12.8 Å². The minimum Gasteiger partial charge on any atom is -0.462 e. The number of carbonyl (C=O) groups is 3. The molecule has 0 aromatic heterocycles. The van der Waals surface area contributed by atoms with Gasteiger partial charge in [-0.3, -0.25) is 14.4 Å². The van der Waals surface area contributed by atoms with Gasteiger partial charge in [-0.1, -0.05) is 207 Å². The van der Waals surface area contributed by atoms with Crippen LogP contribution in [-0.2, 0) is 28.6 Å². The number of hydrogen-bond donors (Lipinski definition) is 0. The van der Waals surface area contributed by atoms with Crippen LogP contribution < -0.4 is 0 Å². The number of esters is 3. The van der Waals surface area contributed by atoms with E-state index in [4.69, 9.17) is 14.2 Å². The van der Waals surface area contributed by atoms with E-state index in [2.05, 4.69) is 81.5 Å². The molecule has 0 spiro atoms.